The lowest BCUT2D eigenvalue weighted by molar-refractivity contribution is -0.142. The van der Waals surface area contributed by atoms with E-state index in [2.05, 4.69) is 0 Å². The van der Waals surface area contributed by atoms with Gasteiger partial charge in [0.05, 0.1) is 6.10 Å². The minimum Gasteiger partial charge on any atom is -0.457 e. The van der Waals surface area contributed by atoms with Crippen molar-refractivity contribution < 1.29 is 14.3 Å². The number of hydrogen-bond acceptors (Lipinski definition) is 3. The van der Waals surface area contributed by atoms with Crippen molar-refractivity contribution in [3.8, 4) is 0 Å². The Kier molecular flexibility index (Phi) is 4.03. The van der Waals surface area contributed by atoms with E-state index in [1.165, 1.54) is 0 Å². The van der Waals surface area contributed by atoms with Gasteiger partial charge in [-0.1, -0.05) is 37.3 Å². The Morgan fingerprint density at radius 3 is 2.40 bits per heavy atom. The molecule has 1 aromatic carbocycles. The highest BCUT2D eigenvalue weighted by Gasteiger charge is 2.19. The van der Waals surface area contributed by atoms with Crippen LogP contribution < -0.4 is 0 Å². The third-order valence-electron chi connectivity index (χ3n) is 2.10. The summed E-state index contributed by atoms with van der Waals surface area (Å²) in [5, 5.41) is 0. The van der Waals surface area contributed by atoms with E-state index in [1.54, 1.807) is 37.3 Å². The smallest absolute Gasteiger partial charge is 0.379 e. The van der Waals surface area contributed by atoms with Crippen LogP contribution in [0.25, 0.3) is 0 Å². The maximum Gasteiger partial charge on any atom is 0.379 e. The molecule has 15 heavy (non-hydrogen) atoms. The molecule has 0 bridgehead atoms. The Morgan fingerprint density at radius 1 is 1.27 bits per heavy atom. The van der Waals surface area contributed by atoms with Crippen molar-refractivity contribution in [2.24, 2.45) is 0 Å². The van der Waals surface area contributed by atoms with E-state index in [0.717, 1.165) is 0 Å². The molecule has 1 rings (SSSR count). The summed E-state index contributed by atoms with van der Waals surface area (Å²) in [4.78, 5) is 22.9. The molecule has 0 radical (unpaired) electrons. The number of rotatable bonds is 4. The van der Waals surface area contributed by atoms with Crippen LogP contribution in [0.15, 0.2) is 30.3 Å². The maximum atomic E-state index is 11.5. The van der Waals surface area contributed by atoms with Crippen LogP contribution in [0, 0.1) is 0 Å². The summed E-state index contributed by atoms with van der Waals surface area (Å²) in [7, 11) is 0. The fourth-order valence-corrected chi connectivity index (χ4v) is 1.03. The molecule has 0 heterocycles. The molecule has 0 N–H and O–H groups in total. The zero-order valence-corrected chi connectivity index (χ0v) is 8.90. The van der Waals surface area contributed by atoms with Gasteiger partial charge in [-0.25, -0.2) is 4.79 Å². The lowest BCUT2D eigenvalue weighted by atomic mass is 10.1. The Hall–Kier alpha value is -1.64. The Bertz CT molecular complexity index is 343. The summed E-state index contributed by atoms with van der Waals surface area (Å²) < 4.78 is 4.93. The first kappa shape index (κ1) is 11.4. The van der Waals surface area contributed by atoms with E-state index in [-0.39, 0.29) is 6.10 Å². The SMILES string of the molecule is CC[C@H](C)OC(=O)C(=O)c1ccccc1. The highest BCUT2D eigenvalue weighted by Crippen LogP contribution is 2.04. The minimum absolute atomic E-state index is 0.217. The second-order valence-corrected chi connectivity index (χ2v) is 3.32. The van der Waals surface area contributed by atoms with Gasteiger partial charge in [-0.2, -0.15) is 0 Å². The van der Waals surface area contributed by atoms with Crippen molar-refractivity contribution in [3.63, 3.8) is 0 Å². The van der Waals surface area contributed by atoms with Crippen molar-refractivity contribution in [2.45, 2.75) is 26.4 Å². The van der Waals surface area contributed by atoms with E-state index >= 15 is 0 Å². The molecule has 0 aromatic heterocycles. The molecule has 80 valence electrons. The summed E-state index contributed by atoms with van der Waals surface area (Å²) in [6, 6.07) is 8.41. The second kappa shape index (κ2) is 5.29. The number of hydrogen-bond donors (Lipinski definition) is 0. The average molecular weight is 206 g/mol. The van der Waals surface area contributed by atoms with Crippen molar-refractivity contribution in [1.82, 2.24) is 0 Å². The van der Waals surface area contributed by atoms with Crippen LogP contribution in [-0.2, 0) is 9.53 Å². The molecular weight excluding hydrogens is 192 g/mol. The largest absolute Gasteiger partial charge is 0.457 e. The molecule has 0 amide bonds. The van der Waals surface area contributed by atoms with Gasteiger partial charge >= 0.3 is 5.97 Å². The normalized spacial score (nSPS) is 11.9. The zero-order chi connectivity index (χ0) is 11.3. The van der Waals surface area contributed by atoms with Crippen LogP contribution >= 0.6 is 0 Å². The highest BCUT2D eigenvalue weighted by atomic mass is 16.5. The summed E-state index contributed by atoms with van der Waals surface area (Å²) in [5.74, 6) is -1.37. The maximum absolute atomic E-state index is 11.5. The number of carbonyl (C=O) groups excluding carboxylic acids is 2. The topological polar surface area (TPSA) is 43.4 Å². The standard InChI is InChI=1S/C12H14O3/c1-3-9(2)15-12(14)11(13)10-7-5-4-6-8-10/h4-9H,3H2,1-2H3/t9-/m0/s1. The Balaban J connectivity index is 2.66. The van der Waals surface area contributed by atoms with Crippen LogP contribution in [0.4, 0.5) is 0 Å². The van der Waals surface area contributed by atoms with Crippen molar-refractivity contribution in [1.29, 1.82) is 0 Å². The fraction of sp³-hybridized carbons (Fsp3) is 0.333. The Morgan fingerprint density at radius 2 is 1.87 bits per heavy atom. The molecule has 3 nitrogen and oxygen atoms in total. The first-order chi connectivity index (χ1) is 7.15. The summed E-state index contributed by atoms with van der Waals surface area (Å²) in [6.07, 6.45) is 0.485. The van der Waals surface area contributed by atoms with Gasteiger partial charge in [-0.3, -0.25) is 4.79 Å². The predicted molar refractivity (Wildman–Crippen MR) is 56.6 cm³/mol. The first-order valence-corrected chi connectivity index (χ1v) is 4.95. The molecular formula is C12H14O3. The van der Waals surface area contributed by atoms with Gasteiger partial charge in [0.2, 0.25) is 0 Å². The summed E-state index contributed by atoms with van der Waals surface area (Å²) in [6.45, 7) is 3.65. The zero-order valence-electron chi connectivity index (χ0n) is 8.90. The molecule has 0 fully saturated rings. The number of Topliss-reactive ketones (excluding diaryl/α,β-unsaturated/α-hetero) is 1. The monoisotopic (exact) mass is 206 g/mol. The van der Waals surface area contributed by atoms with E-state index in [0.29, 0.717) is 12.0 Å². The Labute approximate surface area is 89.1 Å². The van der Waals surface area contributed by atoms with E-state index in [1.807, 2.05) is 6.92 Å². The highest BCUT2D eigenvalue weighted by molar-refractivity contribution is 6.40. The molecule has 0 aliphatic rings. The molecule has 0 aliphatic heterocycles. The fourth-order valence-electron chi connectivity index (χ4n) is 1.03. The molecule has 3 heteroatoms. The quantitative estimate of drug-likeness (QED) is 0.431. The number of ketones is 1. The van der Waals surface area contributed by atoms with Gasteiger partial charge in [0.15, 0.2) is 0 Å². The van der Waals surface area contributed by atoms with Gasteiger partial charge in [0.25, 0.3) is 5.78 Å². The number of esters is 1. The molecule has 0 aliphatic carbocycles. The first-order valence-electron chi connectivity index (χ1n) is 4.95. The predicted octanol–water partition coefficient (Wildman–Crippen LogP) is 2.21. The lowest BCUT2D eigenvalue weighted by Gasteiger charge is -2.09. The summed E-state index contributed by atoms with van der Waals surface area (Å²) in [5.41, 5.74) is 0.366. The number of benzene rings is 1. The lowest BCUT2D eigenvalue weighted by Crippen LogP contribution is -2.22. The second-order valence-electron chi connectivity index (χ2n) is 3.32. The van der Waals surface area contributed by atoms with Gasteiger partial charge < -0.3 is 4.74 Å². The molecule has 0 unspecified atom stereocenters. The molecule has 0 saturated heterocycles. The van der Waals surface area contributed by atoms with Gasteiger partial charge in [-0.05, 0) is 13.3 Å². The van der Waals surface area contributed by atoms with Crippen molar-refractivity contribution in [3.05, 3.63) is 35.9 Å². The van der Waals surface area contributed by atoms with Crippen LogP contribution in [-0.4, -0.2) is 17.9 Å². The van der Waals surface area contributed by atoms with Crippen LogP contribution in [0.2, 0.25) is 0 Å². The molecule has 0 saturated carbocycles. The van der Waals surface area contributed by atoms with E-state index < -0.39 is 11.8 Å². The van der Waals surface area contributed by atoms with E-state index in [9.17, 15) is 9.59 Å². The number of ether oxygens (including phenoxy) is 1. The van der Waals surface area contributed by atoms with Crippen molar-refractivity contribution in [2.75, 3.05) is 0 Å². The molecule has 1 atom stereocenters. The van der Waals surface area contributed by atoms with Crippen LogP contribution in [0.5, 0.6) is 0 Å². The third-order valence-corrected chi connectivity index (χ3v) is 2.10. The molecule has 0 spiro atoms. The van der Waals surface area contributed by atoms with Crippen LogP contribution in [0.1, 0.15) is 30.6 Å². The molecule has 1 aromatic rings. The van der Waals surface area contributed by atoms with E-state index in [4.69, 9.17) is 4.74 Å². The van der Waals surface area contributed by atoms with Gasteiger partial charge in [-0.15, -0.1) is 0 Å². The summed E-state index contributed by atoms with van der Waals surface area (Å²) >= 11 is 0. The van der Waals surface area contributed by atoms with Crippen LogP contribution in [0.3, 0.4) is 0 Å². The van der Waals surface area contributed by atoms with Gasteiger partial charge in [0.1, 0.15) is 0 Å². The number of carbonyl (C=O) groups is 2. The third kappa shape index (κ3) is 3.20. The minimum atomic E-state index is -0.782. The van der Waals surface area contributed by atoms with Gasteiger partial charge in [0, 0.05) is 5.56 Å². The van der Waals surface area contributed by atoms with Crippen molar-refractivity contribution >= 4 is 11.8 Å². The average Bonchev–Trinajstić information content (AvgIpc) is 2.29.